The van der Waals surface area contributed by atoms with Gasteiger partial charge in [0.15, 0.2) is 0 Å². The number of aromatic nitrogens is 3. The molecule has 0 saturated carbocycles. The van der Waals surface area contributed by atoms with Crippen LogP contribution in [0.2, 0.25) is 0 Å². The maximum Gasteiger partial charge on any atom is 0.254 e. The fourth-order valence-corrected chi connectivity index (χ4v) is 5.07. The molecule has 5 rings (SSSR count). The van der Waals surface area contributed by atoms with Crippen molar-refractivity contribution in [2.45, 2.75) is 44.9 Å². The minimum Gasteiger partial charge on any atom is -0.338 e. The second-order valence-corrected chi connectivity index (χ2v) is 9.80. The molecule has 7 nitrogen and oxygen atoms in total. The smallest absolute Gasteiger partial charge is 0.254 e. The Morgan fingerprint density at radius 2 is 2.03 bits per heavy atom. The molecule has 0 bridgehead atoms. The summed E-state index contributed by atoms with van der Waals surface area (Å²) in [4.78, 5) is 43.1. The van der Waals surface area contributed by atoms with Gasteiger partial charge in [-0.05, 0) is 49.6 Å². The van der Waals surface area contributed by atoms with E-state index in [0.29, 0.717) is 48.8 Å². The summed E-state index contributed by atoms with van der Waals surface area (Å²) in [6, 6.07) is 9.92. The van der Waals surface area contributed by atoms with Crippen LogP contribution < -0.4 is 4.90 Å². The summed E-state index contributed by atoms with van der Waals surface area (Å²) >= 11 is 0. The number of hydrogen-bond donors (Lipinski definition) is 0. The first-order valence-electron chi connectivity index (χ1n) is 11.9. The standard InChI is InChI=1S/C27H28FN5O2/c1-17-22-15-23(34)32(3)24(22)31-26(30-17)27(2)9-5-11-33(16-27)25(35)19-8-10-29-21(14-19)13-18-6-4-7-20(28)12-18/h4,6-8,10,12,14H,5,9,11,13,15-16H2,1-3H3/t27-/m0/s1. The first kappa shape index (κ1) is 23.1. The van der Waals surface area contributed by atoms with Crippen LogP contribution in [-0.4, -0.2) is 51.8 Å². The van der Waals surface area contributed by atoms with Crippen molar-refractivity contribution in [2.24, 2.45) is 0 Å². The zero-order valence-corrected chi connectivity index (χ0v) is 20.2. The van der Waals surface area contributed by atoms with Crippen LogP contribution in [0.1, 0.15) is 58.5 Å². The normalized spacial score (nSPS) is 19.7. The highest BCUT2D eigenvalue weighted by Crippen LogP contribution is 2.36. The Labute approximate surface area is 204 Å². The molecule has 3 aromatic rings. The van der Waals surface area contributed by atoms with Crippen molar-refractivity contribution < 1.29 is 14.0 Å². The third-order valence-corrected chi connectivity index (χ3v) is 7.07. The Kier molecular flexibility index (Phi) is 5.83. The predicted octanol–water partition coefficient (Wildman–Crippen LogP) is 3.62. The lowest BCUT2D eigenvalue weighted by Crippen LogP contribution is -2.48. The van der Waals surface area contributed by atoms with Crippen LogP contribution in [0.4, 0.5) is 10.2 Å². The number of benzene rings is 1. The predicted molar refractivity (Wildman–Crippen MR) is 130 cm³/mol. The molecule has 4 heterocycles. The fourth-order valence-electron chi connectivity index (χ4n) is 5.07. The highest BCUT2D eigenvalue weighted by atomic mass is 19.1. The van der Waals surface area contributed by atoms with Gasteiger partial charge in [0.25, 0.3) is 5.91 Å². The van der Waals surface area contributed by atoms with E-state index in [1.807, 2.05) is 17.9 Å². The number of pyridine rings is 1. The van der Waals surface area contributed by atoms with Crippen molar-refractivity contribution in [1.82, 2.24) is 19.9 Å². The number of fused-ring (bicyclic) bond motifs is 1. The Morgan fingerprint density at radius 1 is 1.20 bits per heavy atom. The molecule has 0 aliphatic carbocycles. The van der Waals surface area contributed by atoms with E-state index < -0.39 is 5.41 Å². The van der Waals surface area contributed by atoms with Gasteiger partial charge in [0.2, 0.25) is 5.91 Å². The first-order chi connectivity index (χ1) is 16.7. The summed E-state index contributed by atoms with van der Waals surface area (Å²) in [7, 11) is 1.74. The quantitative estimate of drug-likeness (QED) is 0.578. The Morgan fingerprint density at radius 3 is 2.83 bits per heavy atom. The number of rotatable bonds is 4. The maximum atomic E-state index is 13.6. The molecule has 2 amide bonds. The monoisotopic (exact) mass is 473 g/mol. The van der Waals surface area contributed by atoms with Crippen LogP contribution in [0.3, 0.4) is 0 Å². The lowest BCUT2D eigenvalue weighted by Gasteiger charge is -2.39. The second kappa shape index (κ2) is 8.83. The van der Waals surface area contributed by atoms with E-state index in [2.05, 4.69) is 11.9 Å². The van der Waals surface area contributed by atoms with Gasteiger partial charge in [-0.15, -0.1) is 0 Å². The Bertz CT molecular complexity index is 1330. The second-order valence-electron chi connectivity index (χ2n) is 9.80. The van der Waals surface area contributed by atoms with Gasteiger partial charge in [-0.3, -0.25) is 19.5 Å². The van der Waals surface area contributed by atoms with Gasteiger partial charge >= 0.3 is 0 Å². The topological polar surface area (TPSA) is 79.3 Å². The van der Waals surface area contributed by atoms with Crippen molar-refractivity contribution >= 4 is 17.6 Å². The molecule has 2 aromatic heterocycles. The number of halogens is 1. The number of hydrogen-bond acceptors (Lipinski definition) is 5. The fraction of sp³-hybridized carbons (Fsp3) is 0.370. The van der Waals surface area contributed by atoms with Crippen LogP contribution in [0, 0.1) is 12.7 Å². The highest BCUT2D eigenvalue weighted by molar-refractivity contribution is 6.00. The summed E-state index contributed by atoms with van der Waals surface area (Å²) in [5.41, 5.74) is 3.37. The van der Waals surface area contributed by atoms with Crippen molar-refractivity contribution in [3.8, 4) is 0 Å². The van der Waals surface area contributed by atoms with Gasteiger partial charge in [0.1, 0.15) is 17.5 Å². The minimum atomic E-state index is -0.419. The number of nitrogens with zero attached hydrogens (tertiary/aromatic N) is 5. The van der Waals surface area contributed by atoms with Gasteiger partial charge in [-0.25, -0.2) is 14.4 Å². The zero-order valence-electron chi connectivity index (χ0n) is 20.2. The molecule has 2 aliphatic rings. The number of carbonyl (C=O) groups excluding carboxylic acids is 2. The van der Waals surface area contributed by atoms with Crippen molar-refractivity contribution in [3.05, 3.63) is 82.3 Å². The van der Waals surface area contributed by atoms with Crippen LogP contribution in [0.15, 0.2) is 42.6 Å². The van der Waals surface area contributed by atoms with Gasteiger partial charge in [0, 0.05) is 60.7 Å². The zero-order chi connectivity index (χ0) is 24.7. The molecule has 0 unspecified atom stereocenters. The van der Waals surface area contributed by atoms with Crippen LogP contribution in [-0.2, 0) is 23.1 Å². The molecule has 1 saturated heterocycles. The number of anilines is 1. The number of likely N-dealkylation sites (N-methyl/N-ethyl adjacent to an activating group) is 1. The summed E-state index contributed by atoms with van der Waals surface area (Å²) in [5, 5.41) is 0. The molecule has 0 radical (unpaired) electrons. The van der Waals surface area contributed by atoms with Gasteiger partial charge in [-0.2, -0.15) is 0 Å². The number of aryl methyl sites for hydroxylation is 1. The van der Waals surface area contributed by atoms with E-state index in [-0.39, 0.29) is 17.6 Å². The Hall–Kier alpha value is -3.68. The van der Waals surface area contributed by atoms with Crippen molar-refractivity contribution in [3.63, 3.8) is 0 Å². The van der Waals surface area contributed by atoms with Crippen molar-refractivity contribution in [1.29, 1.82) is 0 Å². The van der Waals surface area contributed by atoms with Gasteiger partial charge in [-0.1, -0.05) is 19.1 Å². The SMILES string of the molecule is Cc1nc([C@@]2(C)CCCN(C(=O)c3ccnc(Cc4cccc(F)c4)c3)C2)nc2c1CC(=O)N2C. The largest absolute Gasteiger partial charge is 0.338 e. The molecule has 1 aromatic carbocycles. The molecule has 0 N–H and O–H groups in total. The molecule has 2 aliphatic heterocycles. The molecule has 8 heteroatoms. The highest BCUT2D eigenvalue weighted by Gasteiger charge is 2.39. The molecule has 1 atom stereocenters. The van der Waals surface area contributed by atoms with Crippen molar-refractivity contribution in [2.75, 3.05) is 25.0 Å². The lowest BCUT2D eigenvalue weighted by atomic mass is 9.80. The van der Waals surface area contributed by atoms with Crippen LogP contribution in [0.5, 0.6) is 0 Å². The molecular weight excluding hydrogens is 445 g/mol. The lowest BCUT2D eigenvalue weighted by molar-refractivity contribution is -0.117. The summed E-state index contributed by atoms with van der Waals surface area (Å²) in [6.07, 6.45) is 4.10. The maximum absolute atomic E-state index is 13.6. The molecule has 1 fully saturated rings. The average Bonchev–Trinajstić information content (AvgIpc) is 3.13. The summed E-state index contributed by atoms with van der Waals surface area (Å²) < 4.78 is 13.6. The van der Waals surface area contributed by atoms with E-state index in [1.54, 1.807) is 36.3 Å². The van der Waals surface area contributed by atoms with Gasteiger partial charge in [0.05, 0.1) is 6.42 Å². The Balaban J connectivity index is 1.37. The minimum absolute atomic E-state index is 0.0203. The van der Waals surface area contributed by atoms with E-state index in [9.17, 15) is 14.0 Å². The summed E-state index contributed by atoms with van der Waals surface area (Å²) in [6.45, 7) is 5.15. The third kappa shape index (κ3) is 4.40. The number of likely N-dealkylation sites (tertiary alicyclic amines) is 1. The molecular formula is C27H28FN5O2. The number of carbonyl (C=O) groups is 2. The van der Waals surface area contributed by atoms with E-state index >= 15 is 0 Å². The number of piperidine rings is 1. The molecule has 35 heavy (non-hydrogen) atoms. The first-order valence-corrected chi connectivity index (χ1v) is 11.9. The third-order valence-electron chi connectivity index (χ3n) is 7.07. The van der Waals surface area contributed by atoms with E-state index in [4.69, 9.17) is 9.97 Å². The van der Waals surface area contributed by atoms with Gasteiger partial charge < -0.3 is 4.90 Å². The van der Waals surface area contributed by atoms with Crippen LogP contribution in [0.25, 0.3) is 0 Å². The molecule has 180 valence electrons. The summed E-state index contributed by atoms with van der Waals surface area (Å²) in [5.74, 6) is 1.02. The number of amides is 2. The average molecular weight is 474 g/mol. The molecule has 0 spiro atoms. The van der Waals surface area contributed by atoms with E-state index in [1.165, 1.54) is 12.1 Å². The van der Waals surface area contributed by atoms with Crippen LogP contribution >= 0.6 is 0 Å². The van der Waals surface area contributed by atoms with E-state index in [0.717, 1.165) is 29.7 Å².